The van der Waals surface area contributed by atoms with Crippen molar-refractivity contribution in [2.24, 2.45) is 0 Å². The number of amides is 1. The van der Waals surface area contributed by atoms with Crippen molar-refractivity contribution in [1.82, 2.24) is 15.1 Å². The summed E-state index contributed by atoms with van der Waals surface area (Å²) in [5.41, 5.74) is 6.65. The van der Waals surface area contributed by atoms with E-state index < -0.39 is 0 Å². The van der Waals surface area contributed by atoms with Gasteiger partial charge in [-0.05, 0) is 67.6 Å². The first kappa shape index (κ1) is 22.8. The van der Waals surface area contributed by atoms with Crippen molar-refractivity contribution < 1.29 is 9.53 Å². The lowest BCUT2D eigenvalue weighted by Crippen LogP contribution is -2.50. The van der Waals surface area contributed by atoms with E-state index in [1.54, 1.807) is 0 Å². The second kappa shape index (κ2) is 10.0. The fourth-order valence-electron chi connectivity index (χ4n) is 4.13. The minimum atomic E-state index is 0.0187. The molecule has 0 saturated carbocycles. The number of piperazine rings is 1. The number of nitrogens with zero attached hydrogens (tertiary/aromatic N) is 4. The molecule has 33 heavy (non-hydrogen) atoms. The number of rotatable bonds is 6. The Kier molecular flexibility index (Phi) is 6.92. The number of aryl methyl sites for hydroxylation is 3. The number of anilines is 1. The Morgan fingerprint density at radius 1 is 0.939 bits per heavy atom. The zero-order valence-electron chi connectivity index (χ0n) is 20.0. The molecule has 0 aliphatic carbocycles. The number of benzene rings is 2. The largest absolute Gasteiger partial charge is 0.483 e. The van der Waals surface area contributed by atoms with Crippen molar-refractivity contribution in [3.8, 4) is 17.0 Å². The van der Waals surface area contributed by atoms with Gasteiger partial charge in [0.1, 0.15) is 5.75 Å². The third kappa shape index (κ3) is 5.33. The predicted octanol–water partition coefficient (Wildman–Crippen LogP) is 4.36. The van der Waals surface area contributed by atoms with E-state index >= 15 is 0 Å². The molecule has 1 aliphatic heterocycles. The quantitative estimate of drug-likeness (QED) is 0.565. The second-order valence-electron chi connectivity index (χ2n) is 8.69. The SMILES string of the molecule is CCc1ccc(-c2ccc(N3CCN(C(=O)COc4cc(C)cc(C)c4C)CC3)nn2)cc1. The van der Waals surface area contributed by atoms with Crippen LogP contribution in [-0.4, -0.2) is 53.8 Å². The van der Waals surface area contributed by atoms with E-state index in [-0.39, 0.29) is 12.5 Å². The molecule has 2 aromatic carbocycles. The molecule has 0 bridgehead atoms. The van der Waals surface area contributed by atoms with E-state index in [4.69, 9.17) is 4.74 Å². The highest BCUT2D eigenvalue weighted by atomic mass is 16.5. The Bertz CT molecular complexity index is 1100. The van der Waals surface area contributed by atoms with Gasteiger partial charge in [-0.25, -0.2) is 0 Å². The van der Waals surface area contributed by atoms with Gasteiger partial charge < -0.3 is 14.5 Å². The molecule has 1 aliphatic rings. The fourth-order valence-corrected chi connectivity index (χ4v) is 4.13. The molecule has 6 heteroatoms. The van der Waals surface area contributed by atoms with Crippen LogP contribution in [0.4, 0.5) is 5.82 Å². The number of carbonyl (C=O) groups excluding carboxylic acids is 1. The highest BCUT2D eigenvalue weighted by Gasteiger charge is 2.23. The fraction of sp³-hybridized carbons (Fsp3) is 0.370. The maximum absolute atomic E-state index is 12.7. The van der Waals surface area contributed by atoms with Gasteiger partial charge in [-0.15, -0.1) is 10.2 Å². The maximum atomic E-state index is 12.7. The van der Waals surface area contributed by atoms with Crippen LogP contribution in [-0.2, 0) is 11.2 Å². The lowest BCUT2D eigenvalue weighted by Gasteiger charge is -2.35. The van der Waals surface area contributed by atoms with Crippen LogP contribution in [0.25, 0.3) is 11.3 Å². The third-order valence-electron chi connectivity index (χ3n) is 6.38. The molecule has 2 heterocycles. The van der Waals surface area contributed by atoms with Crippen molar-refractivity contribution in [3.63, 3.8) is 0 Å². The Balaban J connectivity index is 1.30. The lowest BCUT2D eigenvalue weighted by atomic mass is 10.1. The van der Waals surface area contributed by atoms with Crippen LogP contribution in [0.1, 0.15) is 29.2 Å². The van der Waals surface area contributed by atoms with Gasteiger partial charge in [-0.2, -0.15) is 0 Å². The van der Waals surface area contributed by atoms with Gasteiger partial charge in [-0.1, -0.05) is 37.3 Å². The molecular formula is C27H32N4O2. The van der Waals surface area contributed by atoms with E-state index in [0.29, 0.717) is 13.1 Å². The number of hydrogen-bond donors (Lipinski definition) is 0. The number of hydrogen-bond acceptors (Lipinski definition) is 5. The Morgan fingerprint density at radius 2 is 1.67 bits per heavy atom. The van der Waals surface area contributed by atoms with Crippen LogP contribution in [0.5, 0.6) is 5.75 Å². The summed E-state index contributed by atoms with van der Waals surface area (Å²) in [7, 11) is 0. The standard InChI is InChI=1S/C27H32N4O2/c1-5-22-6-8-23(9-7-22)24-10-11-26(29-28-24)30-12-14-31(15-13-30)27(32)18-33-25-17-19(2)16-20(3)21(25)4/h6-11,16-17H,5,12-15,18H2,1-4H3. The zero-order chi connectivity index (χ0) is 23.4. The van der Waals surface area contributed by atoms with Crippen molar-refractivity contribution >= 4 is 11.7 Å². The summed E-state index contributed by atoms with van der Waals surface area (Å²) in [5.74, 6) is 1.66. The average molecular weight is 445 g/mol. The molecule has 1 aromatic heterocycles. The monoisotopic (exact) mass is 444 g/mol. The summed E-state index contributed by atoms with van der Waals surface area (Å²) in [6, 6.07) is 16.6. The van der Waals surface area contributed by atoms with Gasteiger partial charge in [0.15, 0.2) is 12.4 Å². The summed E-state index contributed by atoms with van der Waals surface area (Å²) in [5, 5.41) is 8.87. The third-order valence-corrected chi connectivity index (χ3v) is 6.38. The van der Waals surface area contributed by atoms with Crippen LogP contribution in [0, 0.1) is 20.8 Å². The highest BCUT2D eigenvalue weighted by Crippen LogP contribution is 2.24. The summed E-state index contributed by atoms with van der Waals surface area (Å²) >= 11 is 0. The number of aromatic nitrogens is 2. The minimum absolute atomic E-state index is 0.0187. The molecule has 0 unspecified atom stereocenters. The van der Waals surface area contributed by atoms with Gasteiger partial charge >= 0.3 is 0 Å². The number of carbonyl (C=O) groups is 1. The Labute approximate surface area is 196 Å². The molecule has 1 saturated heterocycles. The van der Waals surface area contributed by atoms with Crippen LogP contribution in [0.3, 0.4) is 0 Å². The average Bonchev–Trinajstić information content (AvgIpc) is 2.85. The predicted molar refractivity (Wildman–Crippen MR) is 132 cm³/mol. The molecular weight excluding hydrogens is 412 g/mol. The molecule has 1 amide bonds. The molecule has 4 rings (SSSR count). The van der Waals surface area contributed by atoms with Crippen molar-refractivity contribution in [1.29, 1.82) is 0 Å². The van der Waals surface area contributed by atoms with Gasteiger partial charge in [0.2, 0.25) is 0 Å². The minimum Gasteiger partial charge on any atom is -0.483 e. The smallest absolute Gasteiger partial charge is 0.260 e. The Morgan fingerprint density at radius 3 is 2.30 bits per heavy atom. The summed E-state index contributed by atoms with van der Waals surface area (Å²) in [6.07, 6.45) is 1.02. The van der Waals surface area contributed by atoms with Crippen molar-refractivity contribution in [3.05, 3.63) is 70.8 Å². The summed E-state index contributed by atoms with van der Waals surface area (Å²) in [6.45, 7) is 11.1. The van der Waals surface area contributed by atoms with Gasteiger partial charge in [-0.3, -0.25) is 4.79 Å². The highest BCUT2D eigenvalue weighted by molar-refractivity contribution is 5.78. The molecule has 0 radical (unpaired) electrons. The van der Waals surface area contributed by atoms with Gasteiger partial charge in [0, 0.05) is 31.7 Å². The molecule has 0 atom stereocenters. The van der Waals surface area contributed by atoms with Crippen molar-refractivity contribution in [2.45, 2.75) is 34.1 Å². The van der Waals surface area contributed by atoms with Crippen LogP contribution < -0.4 is 9.64 Å². The van der Waals surface area contributed by atoms with Crippen LogP contribution in [0.2, 0.25) is 0 Å². The summed E-state index contributed by atoms with van der Waals surface area (Å²) < 4.78 is 5.87. The van der Waals surface area contributed by atoms with Gasteiger partial charge in [0.05, 0.1) is 5.69 Å². The first-order valence-electron chi connectivity index (χ1n) is 11.6. The first-order chi connectivity index (χ1) is 15.9. The second-order valence-corrected chi connectivity index (χ2v) is 8.69. The summed E-state index contributed by atoms with van der Waals surface area (Å²) in [4.78, 5) is 16.7. The van der Waals surface area contributed by atoms with Gasteiger partial charge in [0.25, 0.3) is 5.91 Å². The maximum Gasteiger partial charge on any atom is 0.260 e. The van der Waals surface area contributed by atoms with E-state index in [1.807, 2.05) is 36.9 Å². The van der Waals surface area contributed by atoms with E-state index in [1.165, 1.54) is 11.1 Å². The van der Waals surface area contributed by atoms with Crippen LogP contribution in [0.15, 0.2) is 48.5 Å². The topological polar surface area (TPSA) is 58.6 Å². The first-order valence-corrected chi connectivity index (χ1v) is 11.6. The van der Waals surface area contributed by atoms with E-state index in [9.17, 15) is 4.79 Å². The van der Waals surface area contributed by atoms with Crippen LogP contribution >= 0.6 is 0 Å². The van der Waals surface area contributed by atoms with Crippen molar-refractivity contribution in [2.75, 3.05) is 37.7 Å². The number of ether oxygens (including phenoxy) is 1. The van der Waals surface area contributed by atoms with E-state index in [2.05, 4.69) is 59.3 Å². The molecule has 172 valence electrons. The Hall–Kier alpha value is -3.41. The lowest BCUT2D eigenvalue weighted by molar-refractivity contribution is -0.133. The molecule has 0 N–H and O–H groups in total. The molecule has 0 spiro atoms. The zero-order valence-corrected chi connectivity index (χ0v) is 20.0. The molecule has 3 aromatic rings. The van der Waals surface area contributed by atoms with E-state index in [0.717, 1.165) is 53.5 Å². The molecule has 1 fully saturated rings. The molecule has 6 nitrogen and oxygen atoms in total. The normalized spacial score (nSPS) is 13.8.